The Balaban J connectivity index is 1.62. The number of H-pyrrole nitrogens is 1. The SMILES string of the molecule is Cc1cc(C)nc(COc2ccc3c4c([nH]c3c2)CCCCCC4CC(=O)O)c1. The second-order valence-corrected chi connectivity index (χ2v) is 8.18. The van der Waals surface area contributed by atoms with Crippen molar-refractivity contribution < 1.29 is 14.6 Å². The molecule has 3 aromatic rings. The summed E-state index contributed by atoms with van der Waals surface area (Å²) in [5.74, 6) is 0.141. The highest BCUT2D eigenvalue weighted by atomic mass is 16.5. The number of carbonyl (C=O) groups is 1. The van der Waals surface area contributed by atoms with Crippen LogP contribution >= 0.6 is 0 Å². The molecule has 1 aliphatic rings. The zero-order valence-electron chi connectivity index (χ0n) is 17.1. The Morgan fingerprint density at radius 2 is 2.07 bits per heavy atom. The maximum atomic E-state index is 11.4. The number of fused-ring (bicyclic) bond motifs is 3. The van der Waals surface area contributed by atoms with Crippen molar-refractivity contribution in [2.45, 2.75) is 64.9 Å². The van der Waals surface area contributed by atoms with Gasteiger partial charge in [0.2, 0.25) is 0 Å². The molecule has 5 heteroatoms. The first kappa shape index (κ1) is 19.5. The molecule has 152 valence electrons. The first-order valence-corrected chi connectivity index (χ1v) is 10.4. The van der Waals surface area contributed by atoms with Crippen molar-refractivity contribution >= 4 is 16.9 Å². The van der Waals surface area contributed by atoms with Crippen molar-refractivity contribution in [1.82, 2.24) is 9.97 Å². The van der Waals surface area contributed by atoms with Gasteiger partial charge in [-0.2, -0.15) is 0 Å². The summed E-state index contributed by atoms with van der Waals surface area (Å²) in [5, 5.41) is 10.5. The van der Waals surface area contributed by atoms with E-state index in [0.717, 1.165) is 60.1 Å². The molecular weight excluding hydrogens is 364 g/mol. The zero-order chi connectivity index (χ0) is 20.4. The number of aryl methyl sites for hydroxylation is 3. The molecule has 1 unspecified atom stereocenters. The quantitative estimate of drug-likeness (QED) is 0.607. The maximum absolute atomic E-state index is 11.4. The summed E-state index contributed by atoms with van der Waals surface area (Å²) in [6.45, 7) is 4.48. The summed E-state index contributed by atoms with van der Waals surface area (Å²) in [5.41, 5.74) is 6.51. The number of ether oxygens (including phenoxy) is 1. The van der Waals surface area contributed by atoms with Gasteiger partial charge in [-0.15, -0.1) is 0 Å². The maximum Gasteiger partial charge on any atom is 0.303 e. The third-order valence-electron chi connectivity index (χ3n) is 5.74. The van der Waals surface area contributed by atoms with Gasteiger partial charge >= 0.3 is 5.97 Å². The molecule has 0 radical (unpaired) electrons. The number of hydrogen-bond acceptors (Lipinski definition) is 3. The third-order valence-corrected chi connectivity index (χ3v) is 5.74. The number of aliphatic carboxylic acids is 1. The molecule has 0 saturated carbocycles. The molecule has 5 nitrogen and oxygen atoms in total. The van der Waals surface area contributed by atoms with Gasteiger partial charge in [0.15, 0.2) is 0 Å². The highest BCUT2D eigenvalue weighted by Crippen LogP contribution is 2.38. The Hall–Kier alpha value is -2.82. The summed E-state index contributed by atoms with van der Waals surface area (Å²) < 4.78 is 6.01. The summed E-state index contributed by atoms with van der Waals surface area (Å²) in [6.07, 6.45) is 5.49. The van der Waals surface area contributed by atoms with Gasteiger partial charge in [-0.3, -0.25) is 9.78 Å². The summed E-state index contributed by atoms with van der Waals surface area (Å²) in [4.78, 5) is 19.5. The van der Waals surface area contributed by atoms with Crippen LogP contribution in [0.1, 0.15) is 66.2 Å². The lowest BCUT2D eigenvalue weighted by Crippen LogP contribution is -2.10. The molecule has 29 heavy (non-hydrogen) atoms. The molecule has 0 fully saturated rings. The molecule has 4 rings (SSSR count). The van der Waals surface area contributed by atoms with Crippen LogP contribution in [0.3, 0.4) is 0 Å². The fraction of sp³-hybridized carbons (Fsp3) is 0.417. The van der Waals surface area contributed by atoms with Crippen LogP contribution in [0.15, 0.2) is 30.3 Å². The Labute approximate surface area is 171 Å². The van der Waals surface area contributed by atoms with Gasteiger partial charge in [-0.25, -0.2) is 0 Å². The molecule has 2 heterocycles. The average molecular weight is 392 g/mol. The summed E-state index contributed by atoms with van der Waals surface area (Å²) >= 11 is 0. The lowest BCUT2D eigenvalue weighted by Gasteiger charge is -2.19. The van der Waals surface area contributed by atoms with E-state index in [1.807, 2.05) is 25.1 Å². The number of pyridine rings is 1. The second kappa shape index (κ2) is 8.27. The summed E-state index contributed by atoms with van der Waals surface area (Å²) in [6, 6.07) is 10.2. The molecular formula is C24H28N2O3. The number of aromatic amines is 1. The van der Waals surface area contributed by atoms with Crippen LogP contribution in [0.2, 0.25) is 0 Å². The highest BCUT2D eigenvalue weighted by molar-refractivity contribution is 5.87. The monoisotopic (exact) mass is 392 g/mol. The van der Waals surface area contributed by atoms with Gasteiger partial charge in [-0.05, 0) is 74.4 Å². The van der Waals surface area contributed by atoms with Crippen LogP contribution in [0.25, 0.3) is 10.9 Å². The van der Waals surface area contributed by atoms with Gasteiger partial charge in [-0.1, -0.05) is 12.8 Å². The van der Waals surface area contributed by atoms with Crippen LogP contribution in [0.4, 0.5) is 0 Å². The second-order valence-electron chi connectivity index (χ2n) is 8.18. The fourth-order valence-corrected chi connectivity index (χ4v) is 4.59. The number of hydrogen-bond donors (Lipinski definition) is 2. The smallest absolute Gasteiger partial charge is 0.303 e. The van der Waals surface area contributed by atoms with Crippen LogP contribution < -0.4 is 4.74 Å². The van der Waals surface area contributed by atoms with Crippen LogP contribution in [0, 0.1) is 13.8 Å². The van der Waals surface area contributed by atoms with Crippen LogP contribution in [0.5, 0.6) is 5.75 Å². The van der Waals surface area contributed by atoms with Crippen LogP contribution in [-0.2, 0) is 17.8 Å². The van der Waals surface area contributed by atoms with Gasteiger partial charge in [0, 0.05) is 28.4 Å². The number of aromatic nitrogens is 2. The fourth-order valence-electron chi connectivity index (χ4n) is 4.59. The molecule has 0 amide bonds. The minimum Gasteiger partial charge on any atom is -0.487 e. The van der Waals surface area contributed by atoms with Crippen molar-refractivity contribution in [3.05, 3.63) is 58.5 Å². The van der Waals surface area contributed by atoms with E-state index < -0.39 is 5.97 Å². The summed E-state index contributed by atoms with van der Waals surface area (Å²) in [7, 11) is 0. The minimum absolute atomic E-state index is 0.0720. The van der Waals surface area contributed by atoms with Gasteiger partial charge in [0.1, 0.15) is 12.4 Å². The Kier molecular flexibility index (Phi) is 5.56. The number of carboxylic acids is 1. The minimum atomic E-state index is -0.725. The zero-order valence-corrected chi connectivity index (χ0v) is 17.1. The Bertz CT molecular complexity index is 1020. The molecule has 1 aromatic carbocycles. The normalized spacial score (nSPS) is 16.8. The molecule has 2 aromatic heterocycles. The first-order chi connectivity index (χ1) is 14.0. The Morgan fingerprint density at radius 3 is 2.86 bits per heavy atom. The van der Waals surface area contributed by atoms with Gasteiger partial charge < -0.3 is 14.8 Å². The van der Waals surface area contributed by atoms with E-state index in [-0.39, 0.29) is 12.3 Å². The molecule has 0 aliphatic heterocycles. The largest absolute Gasteiger partial charge is 0.487 e. The van der Waals surface area contributed by atoms with Crippen molar-refractivity contribution in [1.29, 1.82) is 0 Å². The number of benzene rings is 1. The van der Waals surface area contributed by atoms with Crippen molar-refractivity contribution in [3.8, 4) is 5.75 Å². The predicted molar refractivity (Wildman–Crippen MR) is 114 cm³/mol. The van der Waals surface area contributed by atoms with Crippen molar-refractivity contribution in [2.24, 2.45) is 0 Å². The molecule has 2 N–H and O–H groups in total. The number of carboxylic acid groups (broad SMARTS) is 1. The lowest BCUT2D eigenvalue weighted by molar-refractivity contribution is -0.137. The van der Waals surface area contributed by atoms with Gasteiger partial charge in [0.25, 0.3) is 0 Å². The topological polar surface area (TPSA) is 75.2 Å². The van der Waals surface area contributed by atoms with Crippen molar-refractivity contribution in [2.75, 3.05) is 0 Å². The van der Waals surface area contributed by atoms with Gasteiger partial charge in [0.05, 0.1) is 12.1 Å². The van der Waals surface area contributed by atoms with E-state index in [4.69, 9.17) is 4.74 Å². The third kappa shape index (κ3) is 4.44. The number of nitrogens with zero attached hydrogens (tertiary/aromatic N) is 1. The van der Waals surface area contributed by atoms with E-state index in [1.165, 1.54) is 16.8 Å². The van der Waals surface area contributed by atoms with Crippen LogP contribution in [-0.4, -0.2) is 21.0 Å². The number of rotatable bonds is 5. The van der Waals surface area contributed by atoms with E-state index >= 15 is 0 Å². The van der Waals surface area contributed by atoms with Crippen molar-refractivity contribution in [3.63, 3.8) is 0 Å². The van der Waals surface area contributed by atoms with E-state index in [2.05, 4.69) is 29.0 Å². The molecule has 1 atom stereocenters. The standard InChI is InChI=1S/C24H28N2O3/c1-15-10-16(2)25-18(11-15)14-29-19-8-9-20-22(13-19)26-21-7-5-3-4-6-17(24(20)21)12-23(27)28/h8-11,13,17,26H,3-7,12,14H2,1-2H3,(H,27,28). The van der Waals surface area contributed by atoms with E-state index in [9.17, 15) is 9.90 Å². The lowest BCUT2D eigenvalue weighted by atomic mass is 9.85. The molecule has 0 bridgehead atoms. The predicted octanol–water partition coefficient (Wildman–Crippen LogP) is 5.43. The molecule has 0 spiro atoms. The molecule has 1 aliphatic carbocycles. The molecule has 0 saturated heterocycles. The number of nitrogens with one attached hydrogen (secondary N) is 1. The highest BCUT2D eigenvalue weighted by Gasteiger charge is 2.24. The van der Waals surface area contributed by atoms with E-state index in [0.29, 0.717) is 6.61 Å². The average Bonchev–Trinajstić information content (AvgIpc) is 2.99. The van der Waals surface area contributed by atoms with E-state index in [1.54, 1.807) is 0 Å². The first-order valence-electron chi connectivity index (χ1n) is 10.4. The Morgan fingerprint density at radius 1 is 1.21 bits per heavy atom.